The number of hydrogen-bond acceptors (Lipinski definition) is 0. The Morgan fingerprint density at radius 3 is 2.60 bits per heavy atom. The summed E-state index contributed by atoms with van der Waals surface area (Å²) in [6, 6.07) is 0. The highest BCUT2D eigenvalue weighted by Crippen LogP contribution is 2.09. The van der Waals surface area contributed by atoms with Gasteiger partial charge < -0.3 is 0 Å². The molecule has 0 aromatic carbocycles. The normalized spacial score (nSPS) is 14.3. The first kappa shape index (κ1) is 9.74. The zero-order chi connectivity index (χ0) is 7.82. The molecule has 0 aliphatic rings. The van der Waals surface area contributed by atoms with Crippen LogP contribution in [0.3, 0.4) is 0 Å². The van der Waals surface area contributed by atoms with E-state index in [1.165, 1.54) is 19.3 Å². The number of allylic oxidation sites excluding steroid dienone is 2. The smallest absolute Gasteiger partial charge is 0.0262 e. The predicted octanol–water partition coefficient (Wildman–Crippen LogP) is 3.59. The molecular formula is C10H19. The third-order valence-corrected chi connectivity index (χ3v) is 1.68. The fourth-order valence-corrected chi connectivity index (χ4v) is 1.07. The molecule has 0 nitrogen and oxygen atoms in total. The lowest BCUT2D eigenvalue weighted by molar-refractivity contribution is 0.584. The zero-order valence-electron chi connectivity index (χ0n) is 7.27. The van der Waals surface area contributed by atoms with Crippen LogP contribution >= 0.6 is 0 Å². The minimum absolute atomic E-state index is 0.761. The maximum atomic E-state index is 3.81. The summed E-state index contributed by atoms with van der Waals surface area (Å²) in [6.45, 7) is 8.16. The van der Waals surface area contributed by atoms with E-state index in [2.05, 4.69) is 32.9 Å². The summed E-state index contributed by atoms with van der Waals surface area (Å²) < 4.78 is 0. The average molecular weight is 139 g/mol. The van der Waals surface area contributed by atoms with E-state index in [1.54, 1.807) is 0 Å². The third-order valence-electron chi connectivity index (χ3n) is 1.68. The summed E-state index contributed by atoms with van der Waals surface area (Å²) in [7, 11) is 0. The molecule has 0 aliphatic heterocycles. The van der Waals surface area contributed by atoms with Crippen molar-refractivity contribution < 1.29 is 0 Å². The van der Waals surface area contributed by atoms with Gasteiger partial charge in [-0.2, -0.15) is 0 Å². The molecule has 0 fully saturated rings. The van der Waals surface area contributed by atoms with Gasteiger partial charge in [-0.3, -0.25) is 0 Å². The van der Waals surface area contributed by atoms with Crippen LogP contribution in [0.2, 0.25) is 0 Å². The molecule has 0 heteroatoms. The van der Waals surface area contributed by atoms with Crippen LogP contribution in [0.5, 0.6) is 0 Å². The summed E-state index contributed by atoms with van der Waals surface area (Å²) in [5.41, 5.74) is 0. The Kier molecular flexibility index (Phi) is 6.68. The first-order chi connectivity index (χ1) is 4.81. The van der Waals surface area contributed by atoms with Crippen molar-refractivity contribution in [2.24, 2.45) is 5.92 Å². The summed E-state index contributed by atoms with van der Waals surface area (Å²) in [5.74, 6) is 0.761. The second-order valence-corrected chi connectivity index (χ2v) is 2.85. The molecule has 0 saturated heterocycles. The van der Waals surface area contributed by atoms with E-state index in [-0.39, 0.29) is 0 Å². The maximum Gasteiger partial charge on any atom is -0.0262 e. The molecule has 0 bridgehead atoms. The summed E-state index contributed by atoms with van der Waals surface area (Å²) in [6.07, 6.45) is 9.41. The molecule has 0 aromatic heterocycles. The molecule has 0 saturated carbocycles. The van der Waals surface area contributed by atoms with Gasteiger partial charge in [0.05, 0.1) is 0 Å². The maximum absolute atomic E-state index is 3.81. The van der Waals surface area contributed by atoms with Crippen molar-refractivity contribution in [3.8, 4) is 0 Å². The molecule has 0 N–H and O–H groups in total. The second-order valence-electron chi connectivity index (χ2n) is 2.85. The van der Waals surface area contributed by atoms with Crippen LogP contribution in [0.4, 0.5) is 0 Å². The van der Waals surface area contributed by atoms with Gasteiger partial charge in [-0.15, -0.1) is 0 Å². The van der Waals surface area contributed by atoms with Gasteiger partial charge in [0.25, 0.3) is 0 Å². The lowest BCUT2D eigenvalue weighted by atomic mass is 10.0. The fraction of sp³-hybridized carbons (Fsp3) is 0.700. The second kappa shape index (κ2) is 6.85. The molecule has 1 radical (unpaired) electrons. The minimum Gasteiger partial charge on any atom is -0.0914 e. The molecule has 0 aromatic rings. The fourth-order valence-electron chi connectivity index (χ4n) is 1.07. The molecule has 59 valence electrons. The Bertz CT molecular complexity index is 82.0. The highest BCUT2D eigenvalue weighted by Gasteiger charge is 1.94. The lowest BCUT2D eigenvalue weighted by Crippen LogP contribution is -1.88. The first-order valence-electron chi connectivity index (χ1n) is 4.23. The van der Waals surface area contributed by atoms with E-state index in [1.807, 2.05) is 0 Å². The Balaban J connectivity index is 3.13. The quantitative estimate of drug-likeness (QED) is 0.403. The van der Waals surface area contributed by atoms with E-state index in [4.69, 9.17) is 0 Å². The van der Waals surface area contributed by atoms with Crippen molar-refractivity contribution in [1.82, 2.24) is 0 Å². The van der Waals surface area contributed by atoms with Crippen molar-refractivity contribution in [2.45, 2.75) is 39.5 Å². The molecule has 0 spiro atoms. The van der Waals surface area contributed by atoms with Crippen LogP contribution in [-0.4, -0.2) is 0 Å². The lowest BCUT2D eigenvalue weighted by Gasteiger charge is -2.03. The average Bonchev–Trinajstić information content (AvgIpc) is 1.89. The minimum atomic E-state index is 0.761. The molecular weight excluding hydrogens is 120 g/mol. The monoisotopic (exact) mass is 139 g/mol. The van der Waals surface area contributed by atoms with E-state index in [9.17, 15) is 0 Å². The van der Waals surface area contributed by atoms with Crippen LogP contribution < -0.4 is 0 Å². The molecule has 0 heterocycles. The summed E-state index contributed by atoms with van der Waals surface area (Å²) in [5, 5.41) is 0. The van der Waals surface area contributed by atoms with Crippen molar-refractivity contribution in [1.29, 1.82) is 0 Å². The standard InChI is InChI=1S/C10H19/c1-4-6-7-9-10(3)8-5-2/h5,8,10H,1,4,6-7,9H2,2-3H3/b8-5+. The van der Waals surface area contributed by atoms with Gasteiger partial charge in [0.1, 0.15) is 0 Å². The Morgan fingerprint density at radius 2 is 2.10 bits per heavy atom. The first-order valence-corrected chi connectivity index (χ1v) is 4.23. The van der Waals surface area contributed by atoms with E-state index >= 15 is 0 Å². The van der Waals surface area contributed by atoms with Crippen LogP contribution in [0.25, 0.3) is 0 Å². The van der Waals surface area contributed by atoms with Crippen LogP contribution in [-0.2, 0) is 0 Å². The Hall–Kier alpha value is -0.260. The predicted molar refractivity (Wildman–Crippen MR) is 47.8 cm³/mol. The third kappa shape index (κ3) is 5.87. The van der Waals surface area contributed by atoms with Gasteiger partial charge in [-0.1, -0.05) is 45.3 Å². The molecule has 0 rings (SSSR count). The van der Waals surface area contributed by atoms with Crippen molar-refractivity contribution in [2.75, 3.05) is 0 Å². The summed E-state index contributed by atoms with van der Waals surface area (Å²) in [4.78, 5) is 0. The van der Waals surface area contributed by atoms with Gasteiger partial charge >= 0.3 is 0 Å². The topological polar surface area (TPSA) is 0 Å². The van der Waals surface area contributed by atoms with Crippen molar-refractivity contribution >= 4 is 0 Å². The summed E-state index contributed by atoms with van der Waals surface area (Å²) >= 11 is 0. The number of rotatable bonds is 5. The van der Waals surface area contributed by atoms with Gasteiger partial charge in [0, 0.05) is 0 Å². The molecule has 0 amide bonds. The van der Waals surface area contributed by atoms with Gasteiger partial charge in [-0.25, -0.2) is 0 Å². The molecule has 1 atom stereocenters. The largest absolute Gasteiger partial charge is 0.0914 e. The van der Waals surface area contributed by atoms with Gasteiger partial charge in [0.15, 0.2) is 0 Å². The number of hydrogen-bond donors (Lipinski definition) is 0. The van der Waals surface area contributed by atoms with Gasteiger partial charge in [0.2, 0.25) is 0 Å². The number of unbranched alkanes of at least 4 members (excludes halogenated alkanes) is 2. The van der Waals surface area contributed by atoms with E-state index in [0.29, 0.717) is 0 Å². The van der Waals surface area contributed by atoms with Crippen LogP contribution in [0.1, 0.15) is 39.5 Å². The zero-order valence-corrected chi connectivity index (χ0v) is 7.27. The Labute approximate surface area is 65.3 Å². The Morgan fingerprint density at radius 1 is 1.40 bits per heavy atom. The molecule has 0 aliphatic carbocycles. The molecule has 1 unspecified atom stereocenters. The highest BCUT2D eigenvalue weighted by molar-refractivity contribution is 4.82. The molecule has 10 heavy (non-hydrogen) atoms. The van der Waals surface area contributed by atoms with Crippen molar-refractivity contribution in [3.05, 3.63) is 19.1 Å². The van der Waals surface area contributed by atoms with Crippen LogP contribution in [0.15, 0.2) is 12.2 Å². The van der Waals surface area contributed by atoms with Gasteiger partial charge in [-0.05, 0) is 19.3 Å². The van der Waals surface area contributed by atoms with E-state index < -0.39 is 0 Å². The van der Waals surface area contributed by atoms with Crippen LogP contribution in [0, 0.1) is 12.8 Å². The van der Waals surface area contributed by atoms with E-state index in [0.717, 1.165) is 12.3 Å². The SMILES string of the molecule is [CH2]CCCCC(C)/C=C/C. The highest BCUT2D eigenvalue weighted by atomic mass is 14.0. The van der Waals surface area contributed by atoms with Crippen molar-refractivity contribution in [3.63, 3.8) is 0 Å².